The minimum atomic E-state index is -0.222. The Bertz CT molecular complexity index is 521. The molecule has 0 bridgehead atoms. The van der Waals surface area contributed by atoms with E-state index in [0.29, 0.717) is 5.56 Å². The van der Waals surface area contributed by atoms with Gasteiger partial charge in [0.1, 0.15) is 0 Å². The van der Waals surface area contributed by atoms with E-state index in [9.17, 15) is 4.79 Å². The lowest BCUT2D eigenvalue weighted by atomic mass is 10.0. The smallest absolute Gasteiger partial charge is 0.251 e. The number of rotatable bonds is 2. The molecule has 4 nitrogen and oxygen atoms in total. The van der Waals surface area contributed by atoms with Gasteiger partial charge < -0.3 is 5.32 Å². The zero-order chi connectivity index (χ0) is 13.2. The Labute approximate surface area is 106 Å². The summed E-state index contributed by atoms with van der Waals surface area (Å²) in [5.74, 6) is -0.0544. The van der Waals surface area contributed by atoms with E-state index < -0.39 is 0 Å². The molecule has 0 aliphatic carbocycles. The molecular formula is C14H17N3O. The lowest BCUT2D eigenvalue weighted by molar-refractivity contribution is 0.0919. The van der Waals surface area contributed by atoms with Crippen molar-refractivity contribution < 1.29 is 4.79 Å². The third-order valence-corrected chi connectivity index (χ3v) is 2.47. The molecule has 0 saturated heterocycles. The number of nitrogens with zero attached hydrogens (tertiary/aromatic N) is 1. The lowest BCUT2D eigenvalue weighted by Gasteiger charge is -2.20. The van der Waals surface area contributed by atoms with Crippen LogP contribution < -0.4 is 5.32 Å². The number of hydrogen-bond acceptors (Lipinski definition) is 2. The Balaban J connectivity index is 2.15. The van der Waals surface area contributed by atoms with E-state index in [2.05, 4.69) is 15.5 Å². The number of nitrogens with one attached hydrogen (secondary N) is 2. The Hall–Kier alpha value is -2.10. The molecule has 94 valence electrons. The highest BCUT2D eigenvalue weighted by molar-refractivity contribution is 5.95. The van der Waals surface area contributed by atoms with Gasteiger partial charge in [-0.25, -0.2) is 0 Å². The third kappa shape index (κ3) is 2.97. The highest BCUT2D eigenvalue weighted by Gasteiger charge is 2.15. The molecule has 0 spiro atoms. The van der Waals surface area contributed by atoms with Crippen LogP contribution >= 0.6 is 0 Å². The van der Waals surface area contributed by atoms with Crippen LogP contribution in [0, 0.1) is 0 Å². The number of aromatic nitrogens is 2. The molecule has 18 heavy (non-hydrogen) atoms. The molecule has 4 heteroatoms. The first-order chi connectivity index (χ1) is 8.46. The number of carbonyl (C=O) groups is 1. The highest BCUT2D eigenvalue weighted by atomic mass is 16.1. The molecule has 1 amide bonds. The van der Waals surface area contributed by atoms with Crippen LogP contribution in [0.25, 0.3) is 11.1 Å². The molecule has 1 aromatic heterocycles. The molecule has 1 heterocycles. The number of H-pyrrole nitrogens is 1. The Morgan fingerprint density at radius 3 is 2.33 bits per heavy atom. The van der Waals surface area contributed by atoms with Crippen LogP contribution in [0.3, 0.4) is 0 Å². The van der Waals surface area contributed by atoms with Gasteiger partial charge in [0.25, 0.3) is 5.91 Å². The van der Waals surface area contributed by atoms with Gasteiger partial charge in [-0.3, -0.25) is 9.89 Å². The highest BCUT2D eigenvalue weighted by Crippen LogP contribution is 2.18. The van der Waals surface area contributed by atoms with Crippen molar-refractivity contribution in [3.05, 3.63) is 42.2 Å². The first-order valence-electron chi connectivity index (χ1n) is 5.87. The van der Waals surface area contributed by atoms with Crippen molar-refractivity contribution >= 4 is 5.91 Å². The maximum atomic E-state index is 11.9. The second-order valence-electron chi connectivity index (χ2n) is 5.27. The van der Waals surface area contributed by atoms with E-state index in [1.807, 2.05) is 51.2 Å². The second-order valence-corrected chi connectivity index (χ2v) is 5.27. The SMILES string of the molecule is CC(C)(C)NC(=O)c1ccc(-c2cn[nH]c2)cc1. The summed E-state index contributed by atoms with van der Waals surface area (Å²) in [6, 6.07) is 7.48. The fourth-order valence-corrected chi connectivity index (χ4v) is 1.64. The zero-order valence-corrected chi connectivity index (χ0v) is 10.8. The van der Waals surface area contributed by atoms with Crippen LogP contribution in [0.15, 0.2) is 36.7 Å². The first kappa shape index (κ1) is 12.4. The number of aromatic amines is 1. The van der Waals surface area contributed by atoms with Crippen LogP contribution in [0.1, 0.15) is 31.1 Å². The van der Waals surface area contributed by atoms with E-state index in [-0.39, 0.29) is 11.4 Å². The summed E-state index contributed by atoms with van der Waals surface area (Å²) in [5.41, 5.74) is 2.49. The summed E-state index contributed by atoms with van der Waals surface area (Å²) in [5, 5.41) is 9.60. The fourth-order valence-electron chi connectivity index (χ4n) is 1.64. The summed E-state index contributed by atoms with van der Waals surface area (Å²) in [7, 11) is 0. The van der Waals surface area contributed by atoms with Gasteiger partial charge in [-0.05, 0) is 38.5 Å². The second kappa shape index (κ2) is 4.64. The lowest BCUT2D eigenvalue weighted by Crippen LogP contribution is -2.40. The van der Waals surface area contributed by atoms with Gasteiger partial charge >= 0.3 is 0 Å². The summed E-state index contributed by atoms with van der Waals surface area (Å²) in [6.07, 6.45) is 3.58. The summed E-state index contributed by atoms with van der Waals surface area (Å²) >= 11 is 0. The van der Waals surface area contributed by atoms with E-state index >= 15 is 0 Å². The average Bonchev–Trinajstić information content (AvgIpc) is 2.80. The van der Waals surface area contributed by atoms with Crippen molar-refractivity contribution in [2.24, 2.45) is 0 Å². The van der Waals surface area contributed by atoms with Gasteiger partial charge in [-0.2, -0.15) is 5.10 Å². The number of benzene rings is 1. The fraction of sp³-hybridized carbons (Fsp3) is 0.286. The maximum absolute atomic E-state index is 11.9. The van der Waals surface area contributed by atoms with Crippen molar-refractivity contribution in [3.63, 3.8) is 0 Å². The number of hydrogen-bond donors (Lipinski definition) is 2. The Morgan fingerprint density at radius 2 is 1.83 bits per heavy atom. The van der Waals surface area contributed by atoms with Gasteiger partial charge in [0.15, 0.2) is 0 Å². The van der Waals surface area contributed by atoms with Crippen molar-refractivity contribution in [1.82, 2.24) is 15.5 Å². The van der Waals surface area contributed by atoms with Gasteiger partial charge in [0.2, 0.25) is 0 Å². The molecule has 0 aliphatic rings. The largest absolute Gasteiger partial charge is 0.347 e. The van der Waals surface area contributed by atoms with Crippen molar-refractivity contribution in [3.8, 4) is 11.1 Å². The molecule has 0 fully saturated rings. The maximum Gasteiger partial charge on any atom is 0.251 e. The molecule has 0 saturated carbocycles. The van der Waals surface area contributed by atoms with Crippen LogP contribution in [-0.2, 0) is 0 Å². The standard InChI is InChI=1S/C14H17N3O/c1-14(2,3)17-13(18)11-6-4-10(5-7-11)12-8-15-16-9-12/h4-9H,1-3H3,(H,15,16)(H,17,18). The quantitative estimate of drug-likeness (QED) is 0.851. The monoisotopic (exact) mass is 243 g/mol. The first-order valence-corrected chi connectivity index (χ1v) is 5.87. The predicted molar refractivity (Wildman–Crippen MR) is 71.2 cm³/mol. The molecule has 2 aromatic rings. The average molecular weight is 243 g/mol. The normalized spacial score (nSPS) is 11.3. The summed E-state index contributed by atoms with van der Waals surface area (Å²) in [4.78, 5) is 11.9. The summed E-state index contributed by atoms with van der Waals surface area (Å²) < 4.78 is 0. The van der Waals surface area contributed by atoms with E-state index in [4.69, 9.17) is 0 Å². The number of amides is 1. The molecule has 0 atom stereocenters. The van der Waals surface area contributed by atoms with E-state index in [0.717, 1.165) is 11.1 Å². The molecule has 0 aliphatic heterocycles. The topological polar surface area (TPSA) is 57.8 Å². The summed E-state index contributed by atoms with van der Waals surface area (Å²) in [6.45, 7) is 5.89. The molecule has 0 radical (unpaired) electrons. The molecule has 2 N–H and O–H groups in total. The molecule has 0 unspecified atom stereocenters. The van der Waals surface area contributed by atoms with Gasteiger partial charge in [0.05, 0.1) is 6.20 Å². The molecular weight excluding hydrogens is 226 g/mol. The van der Waals surface area contributed by atoms with Crippen LogP contribution in [0.5, 0.6) is 0 Å². The van der Waals surface area contributed by atoms with Gasteiger partial charge in [-0.15, -0.1) is 0 Å². The number of carbonyl (C=O) groups excluding carboxylic acids is 1. The van der Waals surface area contributed by atoms with Crippen molar-refractivity contribution in [2.75, 3.05) is 0 Å². The van der Waals surface area contributed by atoms with E-state index in [1.54, 1.807) is 6.20 Å². The van der Waals surface area contributed by atoms with Crippen molar-refractivity contribution in [2.45, 2.75) is 26.3 Å². The molecule has 1 aromatic carbocycles. The predicted octanol–water partition coefficient (Wildman–Crippen LogP) is 2.61. The minimum Gasteiger partial charge on any atom is -0.347 e. The molecule has 2 rings (SSSR count). The van der Waals surface area contributed by atoms with Gasteiger partial charge in [-0.1, -0.05) is 12.1 Å². The van der Waals surface area contributed by atoms with Crippen LogP contribution in [-0.4, -0.2) is 21.6 Å². The third-order valence-electron chi connectivity index (χ3n) is 2.47. The minimum absolute atomic E-state index is 0.0544. The van der Waals surface area contributed by atoms with Crippen LogP contribution in [0.4, 0.5) is 0 Å². The van der Waals surface area contributed by atoms with Crippen molar-refractivity contribution in [1.29, 1.82) is 0 Å². The zero-order valence-electron chi connectivity index (χ0n) is 10.8. The van der Waals surface area contributed by atoms with Gasteiger partial charge in [0, 0.05) is 22.9 Å². The van der Waals surface area contributed by atoms with E-state index in [1.165, 1.54) is 0 Å². The Kier molecular flexibility index (Phi) is 3.19. The van der Waals surface area contributed by atoms with Crippen LogP contribution in [0.2, 0.25) is 0 Å². The Morgan fingerprint density at radius 1 is 1.17 bits per heavy atom.